The molecular formula is C15H31N3. The van der Waals surface area contributed by atoms with Gasteiger partial charge in [0, 0.05) is 37.8 Å². The van der Waals surface area contributed by atoms with Crippen LogP contribution in [0.3, 0.4) is 0 Å². The highest BCUT2D eigenvalue weighted by Gasteiger charge is 2.34. The van der Waals surface area contributed by atoms with Gasteiger partial charge in [-0.05, 0) is 38.6 Å². The van der Waals surface area contributed by atoms with Crippen LogP contribution in [0.2, 0.25) is 0 Å². The minimum atomic E-state index is 0.411. The van der Waals surface area contributed by atoms with Crippen LogP contribution in [0.4, 0.5) is 0 Å². The van der Waals surface area contributed by atoms with Gasteiger partial charge in [-0.1, -0.05) is 20.3 Å². The van der Waals surface area contributed by atoms with E-state index in [4.69, 9.17) is 5.73 Å². The molecule has 1 saturated carbocycles. The Bertz CT molecular complexity index is 256. The van der Waals surface area contributed by atoms with Gasteiger partial charge in [0.15, 0.2) is 0 Å². The quantitative estimate of drug-likeness (QED) is 0.834. The van der Waals surface area contributed by atoms with Crippen molar-refractivity contribution in [1.82, 2.24) is 9.80 Å². The van der Waals surface area contributed by atoms with Gasteiger partial charge in [0.2, 0.25) is 0 Å². The molecule has 0 spiro atoms. The molecule has 1 aliphatic carbocycles. The van der Waals surface area contributed by atoms with Crippen LogP contribution in [-0.4, -0.2) is 54.6 Å². The number of nitrogens with two attached hydrogens (primary N) is 1. The summed E-state index contributed by atoms with van der Waals surface area (Å²) < 4.78 is 0. The lowest BCUT2D eigenvalue weighted by atomic mass is 9.80. The zero-order chi connectivity index (χ0) is 13.1. The van der Waals surface area contributed by atoms with Crippen molar-refractivity contribution in [3.63, 3.8) is 0 Å². The van der Waals surface area contributed by atoms with Gasteiger partial charge in [-0.2, -0.15) is 0 Å². The molecule has 3 nitrogen and oxygen atoms in total. The van der Waals surface area contributed by atoms with E-state index < -0.39 is 0 Å². The summed E-state index contributed by atoms with van der Waals surface area (Å²) >= 11 is 0. The molecule has 1 heterocycles. The molecule has 2 rings (SSSR count). The average Bonchev–Trinajstić information content (AvgIpc) is 2.40. The van der Waals surface area contributed by atoms with Crippen LogP contribution in [-0.2, 0) is 0 Å². The number of piperazine rings is 1. The van der Waals surface area contributed by atoms with E-state index in [-0.39, 0.29) is 0 Å². The normalized spacial score (nSPS) is 40.0. The Kier molecular flexibility index (Phi) is 5.05. The molecule has 4 unspecified atom stereocenters. The minimum Gasteiger partial charge on any atom is -0.326 e. The fraction of sp³-hybridized carbons (Fsp3) is 1.00. The number of hydrogen-bond donors (Lipinski definition) is 1. The predicted octanol–water partition coefficient (Wildman–Crippen LogP) is 1.92. The van der Waals surface area contributed by atoms with Crippen molar-refractivity contribution in [2.75, 3.05) is 26.7 Å². The lowest BCUT2D eigenvalue weighted by Gasteiger charge is -2.47. The highest BCUT2D eigenvalue weighted by molar-refractivity contribution is 4.92. The van der Waals surface area contributed by atoms with E-state index in [1.807, 2.05) is 0 Å². The van der Waals surface area contributed by atoms with E-state index in [2.05, 4.69) is 30.7 Å². The monoisotopic (exact) mass is 253 g/mol. The first-order valence-corrected chi connectivity index (χ1v) is 7.85. The number of hydrogen-bond acceptors (Lipinski definition) is 3. The number of nitrogens with zero attached hydrogens (tertiary/aromatic N) is 2. The maximum Gasteiger partial charge on any atom is 0.0251 e. The lowest BCUT2D eigenvalue weighted by Crippen LogP contribution is -2.59. The van der Waals surface area contributed by atoms with Crippen molar-refractivity contribution in [1.29, 1.82) is 0 Å². The third-order valence-corrected chi connectivity index (χ3v) is 5.30. The van der Waals surface area contributed by atoms with Crippen LogP contribution < -0.4 is 5.73 Å². The molecule has 0 bridgehead atoms. The summed E-state index contributed by atoms with van der Waals surface area (Å²) in [6.45, 7) is 8.28. The second-order valence-electron chi connectivity index (χ2n) is 6.36. The molecule has 106 valence electrons. The second-order valence-corrected chi connectivity index (χ2v) is 6.36. The molecular weight excluding hydrogens is 222 g/mol. The van der Waals surface area contributed by atoms with E-state index in [0.29, 0.717) is 12.1 Å². The Hall–Kier alpha value is -0.120. The molecule has 2 fully saturated rings. The van der Waals surface area contributed by atoms with Gasteiger partial charge >= 0.3 is 0 Å². The van der Waals surface area contributed by atoms with E-state index in [1.54, 1.807) is 0 Å². The summed E-state index contributed by atoms with van der Waals surface area (Å²) in [4.78, 5) is 5.21. The highest BCUT2D eigenvalue weighted by atomic mass is 15.3. The first-order valence-electron chi connectivity index (χ1n) is 7.85. The van der Waals surface area contributed by atoms with E-state index in [9.17, 15) is 0 Å². The van der Waals surface area contributed by atoms with Crippen molar-refractivity contribution in [3.8, 4) is 0 Å². The van der Waals surface area contributed by atoms with Gasteiger partial charge in [-0.25, -0.2) is 0 Å². The molecule has 0 aromatic carbocycles. The fourth-order valence-corrected chi connectivity index (χ4v) is 3.76. The molecule has 0 amide bonds. The summed E-state index contributed by atoms with van der Waals surface area (Å²) in [7, 11) is 2.27. The molecule has 1 saturated heterocycles. The standard InChI is InChI=1S/C15H31N3/c1-4-12-6-7-14(16)15(10-12)18-9-8-17(3)13(5-2)11-18/h12-15H,4-11,16H2,1-3H3. The van der Waals surface area contributed by atoms with Gasteiger partial charge in [-0.3, -0.25) is 4.90 Å². The van der Waals surface area contributed by atoms with Crippen LogP contribution >= 0.6 is 0 Å². The van der Waals surface area contributed by atoms with E-state index in [0.717, 1.165) is 12.0 Å². The lowest BCUT2D eigenvalue weighted by molar-refractivity contribution is 0.0314. The van der Waals surface area contributed by atoms with Gasteiger partial charge < -0.3 is 10.6 Å². The van der Waals surface area contributed by atoms with Crippen molar-refractivity contribution in [2.45, 2.75) is 64.1 Å². The Morgan fingerprint density at radius 2 is 1.89 bits per heavy atom. The van der Waals surface area contributed by atoms with Crippen LogP contribution in [0.15, 0.2) is 0 Å². The SMILES string of the molecule is CCC1CCC(N)C(N2CCN(C)C(CC)C2)C1. The molecule has 2 aliphatic rings. The van der Waals surface area contributed by atoms with Crippen molar-refractivity contribution >= 4 is 0 Å². The molecule has 0 aromatic rings. The molecule has 3 heteroatoms. The van der Waals surface area contributed by atoms with Crippen LogP contribution in [0, 0.1) is 5.92 Å². The van der Waals surface area contributed by atoms with Crippen LogP contribution in [0.25, 0.3) is 0 Å². The number of rotatable bonds is 3. The smallest absolute Gasteiger partial charge is 0.0251 e. The van der Waals surface area contributed by atoms with Gasteiger partial charge in [0.25, 0.3) is 0 Å². The maximum absolute atomic E-state index is 6.39. The Morgan fingerprint density at radius 3 is 2.56 bits per heavy atom. The summed E-state index contributed by atoms with van der Waals surface area (Å²) in [5.74, 6) is 0.912. The largest absolute Gasteiger partial charge is 0.326 e. The molecule has 0 aromatic heterocycles. The van der Waals surface area contributed by atoms with Crippen molar-refractivity contribution in [2.24, 2.45) is 11.7 Å². The highest BCUT2D eigenvalue weighted by Crippen LogP contribution is 2.30. The van der Waals surface area contributed by atoms with Crippen LogP contribution in [0.1, 0.15) is 46.0 Å². The Labute approximate surface area is 113 Å². The first-order chi connectivity index (χ1) is 8.65. The maximum atomic E-state index is 6.39. The van der Waals surface area contributed by atoms with Gasteiger partial charge in [-0.15, -0.1) is 0 Å². The fourth-order valence-electron chi connectivity index (χ4n) is 3.76. The van der Waals surface area contributed by atoms with Gasteiger partial charge in [0.1, 0.15) is 0 Å². The summed E-state index contributed by atoms with van der Waals surface area (Å²) in [6, 6.07) is 1.79. The first kappa shape index (κ1) is 14.3. The molecule has 2 N–H and O–H groups in total. The number of likely N-dealkylation sites (N-methyl/N-ethyl adjacent to an activating group) is 1. The third-order valence-electron chi connectivity index (χ3n) is 5.30. The zero-order valence-electron chi connectivity index (χ0n) is 12.4. The topological polar surface area (TPSA) is 32.5 Å². The summed E-state index contributed by atoms with van der Waals surface area (Å²) in [5.41, 5.74) is 6.39. The summed E-state index contributed by atoms with van der Waals surface area (Å²) in [6.07, 6.45) is 6.49. The Balaban J connectivity index is 1.96. The minimum absolute atomic E-state index is 0.411. The molecule has 1 aliphatic heterocycles. The zero-order valence-corrected chi connectivity index (χ0v) is 12.4. The van der Waals surface area contributed by atoms with Crippen molar-refractivity contribution < 1.29 is 0 Å². The van der Waals surface area contributed by atoms with Gasteiger partial charge in [0.05, 0.1) is 0 Å². The predicted molar refractivity (Wildman–Crippen MR) is 77.7 cm³/mol. The molecule has 4 atom stereocenters. The van der Waals surface area contributed by atoms with Crippen molar-refractivity contribution in [3.05, 3.63) is 0 Å². The molecule has 18 heavy (non-hydrogen) atoms. The third kappa shape index (κ3) is 3.06. The Morgan fingerprint density at radius 1 is 1.11 bits per heavy atom. The average molecular weight is 253 g/mol. The summed E-state index contributed by atoms with van der Waals surface area (Å²) in [5, 5.41) is 0. The van der Waals surface area contributed by atoms with E-state index >= 15 is 0 Å². The van der Waals surface area contributed by atoms with E-state index in [1.165, 1.54) is 51.7 Å². The molecule has 0 radical (unpaired) electrons. The van der Waals surface area contributed by atoms with Crippen LogP contribution in [0.5, 0.6) is 0 Å². The second kappa shape index (κ2) is 6.36.